The van der Waals surface area contributed by atoms with Gasteiger partial charge in [0.15, 0.2) is 9.84 Å². The smallest absolute Gasteiger partial charge is 0.322 e. The molecule has 2 aromatic rings. The van der Waals surface area contributed by atoms with Crippen LogP contribution in [0.2, 0.25) is 0 Å². The molecular formula is C16H19N3O4S. The van der Waals surface area contributed by atoms with Crippen molar-refractivity contribution < 1.29 is 17.6 Å². The first-order valence-corrected chi connectivity index (χ1v) is 9.77. The molecule has 0 spiro atoms. The predicted octanol–water partition coefficient (Wildman–Crippen LogP) is 2.66. The molecule has 0 radical (unpaired) electrons. The third kappa shape index (κ3) is 3.81. The van der Waals surface area contributed by atoms with Crippen LogP contribution < -0.4 is 5.32 Å². The number of sulfone groups is 1. The van der Waals surface area contributed by atoms with E-state index in [2.05, 4.69) is 15.5 Å². The number of benzene rings is 1. The fourth-order valence-electron chi connectivity index (χ4n) is 2.81. The van der Waals surface area contributed by atoms with Gasteiger partial charge < -0.3 is 4.42 Å². The van der Waals surface area contributed by atoms with Gasteiger partial charge in [-0.05, 0) is 37.1 Å². The molecule has 1 aliphatic rings. The molecule has 0 bridgehead atoms. The first-order chi connectivity index (χ1) is 11.4. The summed E-state index contributed by atoms with van der Waals surface area (Å²) in [6.07, 6.45) is 6.24. The molecule has 1 heterocycles. The van der Waals surface area contributed by atoms with Gasteiger partial charge in [0.2, 0.25) is 11.8 Å². The van der Waals surface area contributed by atoms with Crippen LogP contribution in [0.25, 0.3) is 11.5 Å². The van der Waals surface area contributed by atoms with Crippen molar-refractivity contribution in [1.82, 2.24) is 10.2 Å². The average molecular weight is 349 g/mol. The summed E-state index contributed by atoms with van der Waals surface area (Å²) in [6, 6.07) is 6.21. The quantitative estimate of drug-likeness (QED) is 0.910. The van der Waals surface area contributed by atoms with Gasteiger partial charge in [0.25, 0.3) is 0 Å². The van der Waals surface area contributed by atoms with Crippen LogP contribution in [0.1, 0.15) is 32.1 Å². The Hall–Kier alpha value is -2.22. The Morgan fingerprint density at radius 1 is 1.12 bits per heavy atom. The topological polar surface area (TPSA) is 102 Å². The van der Waals surface area contributed by atoms with Crippen molar-refractivity contribution in [3.8, 4) is 11.5 Å². The highest BCUT2D eigenvalue weighted by molar-refractivity contribution is 7.90. The standard InChI is InChI=1S/C16H19N3O4S/c1-24(21,22)13-9-7-12(8-10-13)15-18-19-16(23-15)17-14(20)11-5-3-2-4-6-11/h7-11H,2-6H2,1H3,(H,17,19,20). The SMILES string of the molecule is CS(=O)(=O)c1ccc(-c2nnc(NC(=O)C3CCCCC3)o2)cc1. The van der Waals surface area contributed by atoms with Crippen LogP contribution >= 0.6 is 0 Å². The van der Waals surface area contributed by atoms with Crippen molar-refractivity contribution in [1.29, 1.82) is 0 Å². The minimum atomic E-state index is -3.25. The van der Waals surface area contributed by atoms with Crippen LogP contribution in [-0.4, -0.2) is 30.8 Å². The highest BCUT2D eigenvalue weighted by Crippen LogP contribution is 2.26. The summed E-state index contributed by atoms with van der Waals surface area (Å²) in [7, 11) is -3.25. The molecule has 1 N–H and O–H groups in total. The molecule has 128 valence electrons. The van der Waals surface area contributed by atoms with Crippen molar-refractivity contribution >= 4 is 21.8 Å². The zero-order valence-corrected chi connectivity index (χ0v) is 14.2. The van der Waals surface area contributed by atoms with Gasteiger partial charge in [-0.1, -0.05) is 24.4 Å². The zero-order chi connectivity index (χ0) is 17.2. The molecule has 0 saturated heterocycles. The Morgan fingerprint density at radius 3 is 2.42 bits per heavy atom. The van der Waals surface area contributed by atoms with Crippen LogP contribution in [0.4, 0.5) is 6.01 Å². The monoisotopic (exact) mass is 349 g/mol. The second-order valence-electron chi connectivity index (χ2n) is 6.03. The van der Waals surface area contributed by atoms with Crippen LogP contribution in [-0.2, 0) is 14.6 Å². The van der Waals surface area contributed by atoms with Gasteiger partial charge >= 0.3 is 6.01 Å². The Balaban J connectivity index is 1.70. The second kappa shape index (κ2) is 6.72. The third-order valence-electron chi connectivity index (χ3n) is 4.16. The van der Waals surface area contributed by atoms with E-state index in [0.29, 0.717) is 5.56 Å². The van der Waals surface area contributed by atoms with E-state index in [1.165, 1.54) is 18.6 Å². The number of carbonyl (C=O) groups excluding carboxylic acids is 1. The molecule has 1 aliphatic carbocycles. The van der Waals surface area contributed by atoms with Crippen molar-refractivity contribution in [3.63, 3.8) is 0 Å². The maximum absolute atomic E-state index is 12.2. The minimum absolute atomic E-state index is 0.00291. The normalized spacial score (nSPS) is 16.0. The Morgan fingerprint density at radius 2 is 1.79 bits per heavy atom. The predicted molar refractivity (Wildman–Crippen MR) is 88.0 cm³/mol. The van der Waals surface area contributed by atoms with Gasteiger partial charge in [-0.2, -0.15) is 0 Å². The van der Waals surface area contributed by atoms with Gasteiger partial charge in [0.1, 0.15) is 0 Å². The van der Waals surface area contributed by atoms with Crippen LogP contribution in [0.5, 0.6) is 0 Å². The molecule has 0 aliphatic heterocycles. The van der Waals surface area contributed by atoms with E-state index in [9.17, 15) is 13.2 Å². The number of nitrogens with one attached hydrogen (secondary N) is 1. The highest BCUT2D eigenvalue weighted by atomic mass is 32.2. The second-order valence-corrected chi connectivity index (χ2v) is 8.05. The molecule has 1 fully saturated rings. The van der Waals surface area contributed by atoms with Gasteiger partial charge in [-0.25, -0.2) is 8.42 Å². The number of anilines is 1. The fourth-order valence-corrected chi connectivity index (χ4v) is 3.44. The number of rotatable bonds is 4. The first-order valence-electron chi connectivity index (χ1n) is 7.88. The molecule has 1 saturated carbocycles. The van der Waals surface area contributed by atoms with Crippen LogP contribution in [0.3, 0.4) is 0 Å². The van der Waals surface area contributed by atoms with E-state index >= 15 is 0 Å². The lowest BCUT2D eigenvalue weighted by atomic mass is 9.89. The molecule has 0 unspecified atom stereocenters. The van der Waals surface area contributed by atoms with E-state index in [1.54, 1.807) is 12.1 Å². The Bertz CT molecular complexity index is 821. The van der Waals surface area contributed by atoms with E-state index in [-0.39, 0.29) is 28.6 Å². The molecule has 1 amide bonds. The summed E-state index contributed by atoms with van der Waals surface area (Å²) in [6.45, 7) is 0. The lowest BCUT2D eigenvalue weighted by Crippen LogP contribution is -2.24. The largest absolute Gasteiger partial charge is 0.403 e. The minimum Gasteiger partial charge on any atom is -0.403 e. The molecule has 8 heteroatoms. The van der Waals surface area contributed by atoms with Crippen molar-refractivity contribution in [2.45, 2.75) is 37.0 Å². The van der Waals surface area contributed by atoms with Gasteiger partial charge in [0.05, 0.1) is 4.90 Å². The number of carbonyl (C=O) groups is 1. The molecule has 1 aromatic carbocycles. The Kier molecular flexibility index (Phi) is 4.66. The molecule has 0 atom stereocenters. The first kappa shape index (κ1) is 16.6. The van der Waals surface area contributed by atoms with E-state index in [4.69, 9.17) is 4.42 Å². The Labute approximate surface area is 140 Å². The van der Waals surface area contributed by atoms with Gasteiger partial charge in [-0.3, -0.25) is 10.1 Å². The van der Waals surface area contributed by atoms with E-state index in [0.717, 1.165) is 31.9 Å². The van der Waals surface area contributed by atoms with Gasteiger partial charge in [0, 0.05) is 17.7 Å². The third-order valence-corrected chi connectivity index (χ3v) is 5.29. The number of hydrogen-bond donors (Lipinski definition) is 1. The molecule has 1 aromatic heterocycles. The summed E-state index contributed by atoms with van der Waals surface area (Å²) in [5.74, 6) is 0.148. The number of nitrogens with zero attached hydrogens (tertiary/aromatic N) is 2. The lowest BCUT2D eigenvalue weighted by molar-refractivity contribution is -0.120. The summed E-state index contributed by atoms with van der Waals surface area (Å²) >= 11 is 0. The summed E-state index contributed by atoms with van der Waals surface area (Å²) in [5.41, 5.74) is 0.591. The highest BCUT2D eigenvalue weighted by Gasteiger charge is 2.22. The average Bonchev–Trinajstić information content (AvgIpc) is 3.03. The molecule has 7 nitrogen and oxygen atoms in total. The summed E-state index contributed by atoms with van der Waals surface area (Å²) < 4.78 is 28.4. The van der Waals surface area contributed by atoms with E-state index in [1.807, 2.05) is 0 Å². The molecule has 24 heavy (non-hydrogen) atoms. The molecule has 3 rings (SSSR count). The van der Waals surface area contributed by atoms with Crippen LogP contribution in [0.15, 0.2) is 33.6 Å². The molecular weight excluding hydrogens is 330 g/mol. The lowest BCUT2D eigenvalue weighted by Gasteiger charge is -2.19. The number of aromatic nitrogens is 2. The van der Waals surface area contributed by atoms with Crippen molar-refractivity contribution in [3.05, 3.63) is 24.3 Å². The van der Waals surface area contributed by atoms with Crippen molar-refractivity contribution in [2.75, 3.05) is 11.6 Å². The maximum atomic E-state index is 12.2. The zero-order valence-electron chi connectivity index (χ0n) is 13.4. The maximum Gasteiger partial charge on any atom is 0.322 e. The van der Waals surface area contributed by atoms with Crippen molar-refractivity contribution in [2.24, 2.45) is 5.92 Å². The number of amides is 1. The van der Waals surface area contributed by atoms with E-state index < -0.39 is 9.84 Å². The summed E-state index contributed by atoms with van der Waals surface area (Å²) in [5, 5.41) is 10.4. The number of hydrogen-bond acceptors (Lipinski definition) is 6. The summed E-state index contributed by atoms with van der Waals surface area (Å²) in [4.78, 5) is 12.4. The van der Waals surface area contributed by atoms with Gasteiger partial charge in [-0.15, -0.1) is 5.10 Å². The fraction of sp³-hybridized carbons (Fsp3) is 0.438. The van der Waals surface area contributed by atoms with Crippen LogP contribution in [0, 0.1) is 5.92 Å².